The number of para-hydroxylation sites is 1. The molecule has 110 valence electrons. The summed E-state index contributed by atoms with van der Waals surface area (Å²) in [5.74, 6) is 1.59. The van der Waals surface area contributed by atoms with Crippen LogP contribution in [0.3, 0.4) is 0 Å². The van der Waals surface area contributed by atoms with Crippen molar-refractivity contribution < 1.29 is 9.47 Å². The topological polar surface area (TPSA) is 47.7 Å². The maximum atomic E-state index is 6.02. The molecule has 4 heteroatoms. The maximum absolute atomic E-state index is 6.02. The smallest absolute Gasteiger partial charge is 0.231 e. The van der Waals surface area contributed by atoms with Gasteiger partial charge in [-0.1, -0.05) is 24.3 Å². The molecule has 1 atom stereocenters. The molecule has 0 aromatic heterocycles. The molecular formula is C17H20N2O2. The molecule has 0 spiro atoms. The van der Waals surface area contributed by atoms with Crippen molar-refractivity contribution in [3.05, 3.63) is 53.6 Å². The van der Waals surface area contributed by atoms with Crippen LogP contribution in [0.4, 0.5) is 5.69 Å². The zero-order valence-corrected chi connectivity index (χ0v) is 12.4. The van der Waals surface area contributed by atoms with E-state index >= 15 is 0 Å². The van der Waals surface area contributed by atoms with Gasteiger partial charge < -0.3 is 20.1 Å². The van der Waals surface area contributed by atoms with E-state index in [9.17, 15) is 0 Å². The van der Waals surface area contributed by atoms with Crippen LogP contribution >= 0.6 is 0 Å². The molecule has 2 N–H and O–H groups in total. The van der Waals surface area contributed by atoms with Gasteiger partial charge in [0.05, 0.1) is 6.04 Å². The summed E-state index contributed by atoms with van der Waals surface area (Å²) in [6, 6.07) is 14.4. The second-order valence-corrected chi connectivity index (χ2v) is 5.26. The number of rotatable bonds is 4. The molecule has 2 aromatic carbocycles. The zero-order valence-electron chi connectivity index (χ0n) is 12.4. The fraction of sp³-hybridized carbons (Fsp3) is 0.294. The van der Waals surface area contributed by atoms with Crippen LogP contribution in [0.2, 0.25) is 0 Å². The Kier molecular flexibility index (Phi) is 3.71. The molecule has 0 fully saturated rings. The fourth-order valence-corrected chi connectivity index (χ4v) is 2.77. The minimum Gasteiger partial charge on any atom is -0.454 e. The molecule has 3 rings (SSSR count). The van der Waals surface area contributed by atoms with E-state index in [4.69, 9.17) is 15.2 Å². The van der Waals surface area contributed by atoms with E-state index in [2.05, 4.69) is 37.1 Å². The lowest BCUT2D eigenvalue weighted by Crippen LogP contribution is -2.30. The van der Waals surface area contributed by atoms with Crippen molar-refractivity contribution in [2.24, 2.45) is 5.73 Å². The largest absolute Gasteiger partial charge is 0.454 e. The minimum atomic E-state index is 0.0978. The van der Waals surface area contributed by atoms with Crippen molar-refractivity contribution in [2.75, 3.05) is 25.3 Å². The summed E-state index contributed by atoms with van der Waals surface area (Å²) >= 11 is 0. The lowest BCUT2D eigenvalue weighted by atomic mass is 10.0. The number of aryl methyl sites for hydroxylation is 1. The second kappa shape index (κ2) is 5.66. The highest BCUT2D eigenvalue weighted by atomic mass is 16.7. The van der Waals surface area contributed by atoms with Crippen LogP contribution in [-0.2, 0) is 0 Å². The Morgan fingerprint density at radius 1 is 1.14 bits per heavy atom. The summed E-state index contributed by atoms with van der Waals surface area (Å²) in [5.41, 5.74) is 9.58. The molecule has 2 aromatic rings. The van der Waals surface area contributed by atoms with E-state index < -0.39 is 0 Å². The SMILES string of the molecule is Cc1ccccc1N(C)C(CN)c1ccc2c(c1)OCO2. The quantitative estimate of drug-likeness (QED) is 0.938. The van der Waals surface area contributed by atoms with Crippen molar-refractivity contribution in [1.82, 2.24) is 0 Å². The molecule has 0 bridgehead atoms. The van der Waals surface area contributed by atoms with Gasteiger partial charge in [0.15, 0.2) is 11.5 Å². The van der Waals surface area contributed by atoms with Crippen molar-refractivity contribution >= 4 is 5.69 Å². The summed E-state index contributed by atoms with van der Waals surface area (Å²) in [4.78, 5) is 2.22. The van der Waals surface area contributed by atoms with Crippen LogP contribution in [0.15, 0.2) is 42.5 Å². The Balaban J connectivity index is 1.93. The number of anilines is 1. The first-order valence-corrected chi connectivity index (χ1v) is 7.09. The van der Waals surface area contributed by atoms with Gasteiger partial charge in [-0.3, -0.25) is 0 Å². The number of benzene rings is 2. The number of ether oxygens (including phenoxy) is 2. The highest BCUT2D eigenvalue weighted by molar-refractivity contribution is 5.55. The first kappa shape index (κ1) is 13.8. The average molecular weight is 284 g/mol. The third-order valence-electron chi connectivity index (χ3n) is 3.97. The van der Waals surface area contributed by atoms with Crippen LogP contribution in [-0.4, -0.2) is 20.4 Å². The number of nitrogens with two attached hydrogens (primary N) is 1. The average Bonchev–Trinajstić information content (AvgIpc) is 2.96. The molecule has 21 heavy (non-hydrogen) atoms. The molecule has 0 amide bonds. The predicted octanol–water partition coefficient (Wildman–Crippen LogP) is 2.86. The van der Waals surface area contributed by atoms with Gasteiger partial charge in [-0.05, 0) is 36.2 Å². The van der Waals surface area contributed by atoms with Crippen molar-refractivity contribution in [3.8, 4) is 11.5 Å². The number of fused-ring (bicyclic) bond motifs is 1. The zero-order chi connectivity index (χ0) is 14.8. The second-order valence-electron chi connectivity index (χ2n) is 5.26. The molecule has 1 heterocycles. The molecule has 0 aliphatic carbocycles. The molecule has 1 aliphatic heterocycles. The van der Waals surface area contributed by atoms with Crippen molar-refractivity contribution in [2.45, 2.75) is 13.0 Å². The number of nitrogens with zero attached hydrogens (tertiary/aromatic N) is 1. The van der Waals surface area contributed by atoms with Gasteiger partial charge in [0.1, 0.15) is 0 Å². The van der Waals surface area contributed by atoms with Crippen LogP contribution in [0.25, 0.3) is 0 Å². The first-order chi connectivity index (χ1) is 10.2. The monoisotopic (exact) mass is 284 g/mol. The van der Waals surface area contributed by atoms with Crippen LogP contribution < -0.4 is 20.1 Å². The molecule has 1 aliphatic rings. The van der Waals surface area contributed by atoms with Crippen molar-refractivity contribution in [1.29, 1.82) is 0 Å². The Hall–Kier alpha value is -2.20. The van der Waals surface area contributed by atoms with Crippen molar-refractivity contribution in [3.63, 3.8) is 0 Å². The molecule has 0 saturated carbocycles. The Labute approximate surface area is 125 Å². The highest BCUT2D eigenvalue weighted by Gasteiger charge is 2.21. The molecule has 0 radical (unpaired) electrons. The van der Waals surface area contributed by atoms with Crippen LogP contribution in [0, 0.1) is 6.92 Å². The number of hydrogen-bond donors (Lipinski definition) is 1. The summed E-state index contributed by atoms with van der Waals surface area (Å²) in [6.45, 7) is 2.93. The third kappa shape index (κ3) is 2.54. The standard InChI is InChI=1S/C17H20N2O2/c1-12-5-3-4-6-14(12)19(2)15(10-18)13-7-8-16-17(9-13)21-11-20-16/h3-9,15H,10-11,18H2,1-2H3. The normalized spacial score (nSPS) is 14.0. The maximum Gasteiger partial charge on any atom is 0.231 e. The van der Waals surface area contributed by atoms with Crippen LogP contribution in [0.5, 0.6) is 11.5 Å². The number of likely N-dealkylation sites (N-methyl/N-ethyl adjacent to an activating group) is 1. The van der Waals surface area contributed by atoms with Gasteiger partial charge in [0.2, 0.25) is 6.79 Å². The van der Waals surface area contributed by atoms with E-state index in [-0.39, 0.29) is 6.04 Å². The Morgan fingerprint density at radius 3 is 2.67 bits per heavy atom. The van der Waals surface area contributed by atoms with Crippen LogP contribution in [0.1, 0.15) is 17.2 Å². The van der Waals surface area contributed by atoms with Gasteiger partial charge in [0, 0.05) is 19.3 Å². The minimum absolute atomic E-state index is 0.0978. The van der Waals surface area contributed by atoms with E-state index in [1.165, 1.54) is 11.3 Å². The van der Waals surface area contributed by atoms with E-state index in [1.54, 1.807) is 0 Å². The van der Waals surface area contributed by atoms with Gasteiger partial charge in [-0.15, -0.1) is 0 Å². The summed E-state index contributed by atoms with van der Waals surface area (Å²) in [7, 11) is 2.07. The van der Waals surface area contributed by atoms with E-state index in [0.717, 1.165) is 17.1 Å². The Morgan fingerprint density at radius 2 is 1.90 bits per heavy atom. The summed E-state index contributed by atoms with van der Waals surface area (Å²) in [6.07, 6.45) is 0. The highest BCUT2D eigenvalue weighted by Crippen LogP contribution is 2.36. The molecule has 0 saturated heterocycles. The van der Waals surface area contributed by atoms with E-state index in [0.29, 0.717) is 13.3 Å². The summed E-state index contributed by atoms with van der Waals surface area (Å²) < 4.78 is 10.8. The molecule has 1 unspecified atom stereocenters. The van der Waals surface area contributed by atoms with Gasteiger partial charge >= 0.3 is 0 Å². The first-order valence-electron chi connectivity index (χ1n) is 7.09. The Bertz CT molecular complexity index is 642. The molecule has 4 nitrogen and oxygen atoms in total. The predicted molar refractivity (Wildman–Crippen MR) is 83.9 cm³/mol. The van der Waals surface area contributed by atoms with E-state index in [1.807, 2.05) is 24.3 Å². The number of hydrogen-bond acceptors (Lipinski definition) is 4. The summed E-state index contributed by atoms with van der Waals surface area (Å²) in [5, 5.41) is 0. The lowest BCUT2D eigenvalue weighted by Gasteiger charge is -2.30. The van der Waals surface area contributed by atoms with Gasteiger partial charge in [-0.2, -0.15) is 0 Å². The third-order valence-corrected chi connectivity index (χ3v) is 3.97. The van der Waals surface area contributed by atoms with Gasteiger partial charge in [-0.25, -0.2) is 0 Å². The molecular weight excluding hydrogens is 264 g/mol. The van der Waals surface area contributed by atoms with Gasteiger partial charge in [0.25, 0.3) is 0 Å². The lowest BCUT2D eigenvalue weighted by molar-refractivity contribution is 0.174. The fourth-order valence-electron chi connectivity index (χ4n) is 2.77.